The van der Waals surface area contributed by atoms with E-state index < -0.39 is 48.6 Å². The highest BCUT2D eigenvalue weighted by molar-refractivity contribution is 7.92. The standard InChI is InChI=1S/C18H20F3N3O6S2/c1-11(23-32(28,29)16-7-5-4-6-13(16)18(19,20)21)17(25)22-12-8-9-14(15(10-12)30-2)24-31(3,26)27/h4-11,23-24H,1-3H3,(H,22,25)/t11-/m0/s1. The van der Waals surface area contributed by atoms with Crippen LogP contribution in [0.1, 0.15) is 12.5 Å². The molecule has 9 nitrogen and oxygen atoms in total. The number of anilines is 2. The Kier molecular flexibility index (Phi) is 7.42. The molecule has 0 bridgehead atoms. The Labute approximate surface area is 183 Å². The first-order valence-corrected chi connectivity index (χ1v) is 12.2. The minimum Gasteiger partial charge on any atom is -0.494 e. The van der Waals surface area contributed by atoms with Crippen molar-refractivity contribution in [3.63, 3.8) is 0 Å². The zero-order valence-corrected chi connectivity index (χ0v) is 18.7. The average Bonchev–Trinajstić information content (AvgIpc) is 2.67. The van der Waals surface area contributed by atoms with Crippen molar-refractivity contribution in [3.05, 3.63) is 48.0 Å². The largest absolute Gasteiger partial charge is 0.494 e. The van der Waals surface area contributed by atoms with Gasteiger partial charge in [0, 0.05) is 11.8 Å². The van der Waals surface area contributed by atoms with Crippen molar-refractivity contribution in [2.24, 2.45) is 0 Å². The molecular formula is C18H20F3N3O6S2. The van der Waals surface area contributed by atoms with Crippen LogP contribution in [0.2, 0.25) is 0 Å². The van der Waals surface area contributed by atoms with Crippen LogP contribution >= 0.6 is 0 Å². The van der Waals surface area contributed by atoms with Gasteiger partial charge in [-0.1, -0.05) is 12.1 Å². The van der Waals surface area contributed by atoms with E-state index in [4.69, 9.17) is 4.74 Å². The molecule has 2 aromatic rings. The number of rotatable bonds is 8. The lowest BCUT2D eigenvalue weighted by Crippen LogP contribution is -2.42. The fraction of sp³-hybridized carbons (Fsp3) is 0.278. The lowest BCUT2D eigenvalue weighted by atomic mass is 10.2. The summed E-state index contributed by atoms with van der Waals surface area (Å²) in [5, 5.41) is 2.38. The molecule has 3 N–H and O–H groups in total. The molecule has 0 radical (unpaired) electrons. The van der Waals surface area contributed by atoms with Crippen molar-refractivity contribution in [1.82, 2.24) is 4.72 Å². The van der Waals surface area contributed by atoms with E-state index in [1.807, 2.05) is 4.72 Å². The molecule has 0 fully saturated rings. The van der Waals surface area contributed by atoms with E-state index in [1.54, 1.807) is 0 Å². The van der Waals surface area contributed by atoms with Gasteiger partial charge >= 0.3 is 6.18 Å². The molecule has 0 aliphatic carbocycles. The van der Waals surface area contributed by atoms with Crippen LogP contribution in [0.5, 0.6) is 5.75 Å². The van der Waals surface area contributed by atoms with E-state index in [2.05, 4.69) is 10.0 Å². The topological polar surface area (TPSA) is 131 Å². The van der Waals surface area contributed by atoms with Gasteiger partial charge in [0.15, 0.2) is 0 Å². The third kappa shape index (κ3) is 6.58. The molecule has 2 rings (SSSR count). The number of alkyl halides is 3. The number of hydrogen-bond donors (Lipinski definition) is 3. The van der Waals surface area contributed by atoms with Gasteiger partial charge in [-0.15, -0.1) is 0 Å². The minimum absolute atomic E-state index is 0.0700. The van der Waals surface area contributed by atoms with Crippen LogP contribution in [0, 0.1) is 0 Å². The first-order chi connectivity index (χ1) is 14.6. The molecule has 32 heavy (non-hydrogen) atoms. The van der Waals surface area contributed by atoms with Crippen LogP contribution in [-0.2, 0) is 31.0 Å². The number of benzene rings is 2. The number of carbonyl (C=O) groups is 1. The zero-order chi connectivity index (χ0) is 24.3. The van der Waals surface area contributed by atoms with Gasteiger partial charge in [-0.05, 0) is 31.2 Å². The van der Waals surface area contributed by atoms with Gasteiger partial charge in [0.25, 0.3) is 0 Å². The molecule has 1 amide bonds. The van der Waals surface area contributed by atoms with Gasteiger partial charge in [0.05, 0.1) is 35.6 Å². The SMILES string of the molecule is COc1cc(NC(=O)[C@H](C)NS(=O)(=O)c2ccccc2C(F)(F)F)ccc1NS(C)(=O)=O. The van der Waals surface area contributed by atoms with E-state index in [0.29, 0.717) is 6.07 Å². The molecule has 0 spiro atoms. The molecule has 0 saturated carbocycles. The second kappa shape index (κ2) is 9.34. The van der Waals surface area contributed by atoms with Gasteiger partial charge in [0.2, 0.25) is 26.0 Å². The number of carbonyl (C=O) groups excluding carboxylic acids is 1. The maximum Gasteiger partial charge on any atom is 0.417 e. The third-order valence-corrected chi connectivity index (χ3v) is 6.16. The summed E-state index contributed by atoms with van der Waals surface area (Å²) in [6, 6.07) is 6.07. The van der Waals surface area contributed by atoms with Gasteiger partial charge in [0.1, 0.15) is 5.75 Å². The zero-order valence-electron chi connectivity index (χ0n) is 17.0. The second-order valence-corrected chi connectivity index (χ2v) is 10.0. The molecule has 14 heteroatoms. The Morgan fingerprint density at radius 3 is 2.25 bits per heavy atom. The lowest BCUT2D eigenvalue weighted by molar-refractivity contribution is -0.139. The van der Waals surface area contributed by atoms with Gasteiger partial charge in [-0.3, -0.25) is 9.52 Å². The summed E-state index contributed by atoms with van der Waals surface area (Å²) >= 11 is 0. The number of nitrogens with one attached hydrogen (secondary N) is 3. The van der Waals surface area contributed by atoms with Crippen LogP contribution in [0.3, 0.4) is 0 Å². The Hall–Kier alpha value is -2.84. The van der Waals surface area contributed by atoms with E-state index >= 15 is 0 Å². The number of ether oxygens (including phenoxy) is 1. The number of methoxy groups -OCH3 is 1. The van der Waals surface area contributed by atoms with Crippen molar-refractivity contribution in [1.29, 1.82) is 0 Å². The maximum atomic E-state index is 13.1. The van der Waals surface area contributed by atoms with E-state index in [1.165, 1.54) is 25.3 Å². The predicted molar refractivity (Wildman–Crippen MR) is 111 cm³/mol. The molecule has 0 aliphatic heterocycles. The van der Waals surface area contributed by atoms with E-state index in [9.17, 15) is 34.8 Å². The summed E-state index contributed by atoms with van der Waals surface area (Å²) in [7, 11) is -7.01. The summed E-state index contributed by atoms with van der Waals surface area (Å²) in [4.78, 5) is 11.4. The molecule has 0 aliphatic rings. The number of amides is 1. The lowest BCUT2D eigenvalue weighted by Gasteiger charge is -2.18. The first kappa shape index (κ1) is 25.4. The van der Waals surface area contributed by atoms with Crippen LogP contribution in [0.4, 0.5) is 24.5 Å². The summed E-state index contributed by atoms with van der Waals surface area (Å²) in [6.07, 6.45) is -3.97. The van der Waals surface area contributed by atoms with Crippen LogP contribution in [0.15, 0.2) is 47.4 Å². The number of sulfonamides is 2. The molecule has 0 aromatic heterocycles. The molecular weight excluding hydrogens is 475 g/mol. The molecule has 0 saturated heterocycles. The Morgan fingerprint density at radius 2 is 1.69 bits per heavy atom. The summed E-state index contributed by atoms with van der Waals surface area (Å²) in [6.45, 7) is 1.15. The van der Waals surface area contributed by atoms with Crippen molar-refractivity contribution >= 4 is 37.3 Å². The van der Waals surface area contributed by atoms with Crippen molar-refractivity contribution in [2.45, 2.75) is 24.0 Å². The van der Waals surface area contributed by atoms with Crippen LogP contribution in [-0.4, -0.2) is 42.2 Å². The quantitative estimate of drug-likeness (QED) is 0.516. The van der Waals surface area contributed by atoms with Gasteiger partial charge in [-0.25, -0.2) is 16.8 Å². The van der Waals surface area contributed by atoms with E-state index in [-0.39, 0.29) is 17.1 Å². The van der Waals surface area contributed by atoms with Gasteiger partial charge in [-0.2, -0.15) is 17.9 Å². The van der Waals surface area contributed by atoms with Crippen LogP contribution in [0.25, 0.3) is 0 Å². The molecule has 2 aromatic carbocycles. The summed E-state index contributed by atoms with van der Waals surface area (Å²) in [5.74, 6) is -0.801. The first-order valence-electron chi connectivity index (χ1n) is 8.79. The monoisotopic (exact) mass is 495 g/mol. The highest BCUT2D eigenvalue weighted by Crippen LogP contribution is 2.34. The Balaban J connectivity index is 2.20. The molecule has 176 valence electrons. The van der Waals surface area contributed by atoms with Gasteiger partial charge < -0.3 is 10.1 Å². The predicted octanol–water partition coefficient (Wildman–Crippen LogP) is 2.39. The van der Waals surface area contributed by atoms with Crippen molar-refractivity contribution in [3.8, 4) is 5.75 Å². The maximum absolute atomic E-state index is 13.1. The fourth-order valence-electron chi connectivity index (χ4n) is 2.59. The summed E-state index contributed by atoms with van der Waals surface area (Å²) in [5.41, 5.74) is -1.13. The second-order valence-electron chi connectivity index (χ2n) is 6.62. The Morgan fingerprint density at radius 1 is 1.06 bits per heavy atom. The molecule has 1 atom stereocenters. The highest BCUT2D eigenvalue weighted by atomic mass is 32.2. The highest BCUT2D eigenvalue weighted by Gasteiger charge is 2.37. The molecule has 0 unspecified atom stereocenters. The fourth-order valence-corrected chi connectivity index (χ4v) is 4.59. The Bertz CT molecular complexity index is 1210. The average molecular weight is 496 g/mol. The number of halogens is 3. The van der Waals surface area contributed by atoms with Crippen molar-refractivity contribution < 1.29 is 39.5 Å². The normalized spacial score (nSPS) is 13.3. The molecule has 0 heterocycles. The minimum atomic E-state index is -4.91. The van der Waals surface area contributed by atoms with Crippen LogP contribution < -0.4 is 19.5 Å². The third-order valence-electron chi connectivity index (χ3n) is 3.97. The summed E-state index contributed by atoms with van der Waals surface area (Å²) < 4.78 is 96.3. The van der Waals surface area contributed by atoms with E-state index in [0.717, 1.165) is 31.4 Å². The smallest absolute Gasteiger partial charge is 0.417 e. The van der Waals surface area contributed by atoms with Crippen molar-refractivity contribution in [2.75, 3.05) is 23.4 Å². The number of hydrogen-bond acceptors (Lipinski definition) is 6.